The van der Waals surface area contributed by atoms with Crippen LogP contribution in [0.5, 0.6) is 0 Å². The van der Waals surface area contributed by atoms with E-state index in [1.165, 1.54) is 19.3 Å². The summed E-state index contributed by atoms with van der Waals surface area (Å²) in [5.41, 5.74) is 0.105. The predicted octanol–water partition coefficient (Wildman–Crippen LogP) is 3.01. The van der Waals surface area contributed by atoms with Gasteiger partial charge in [0.15, 0.2) is 0 Å². The highest BCUT2D eigenvalue weighted by molar-refractivity contribution is 5.98. The van der Waals surface area contributed by atoms with Crippen molar-refractivity contribution in [1.29, 1.82) is 0 Å². The third kappa shape index (κ3) is 3.23. The van der Waals surface area contributed by atoms with Gasteiger partial charge >= 0.3 is 11.9 Å². The number of methoxy groups -OCH3 is 1. The van der Waals surface area contributed by atoms with Crippen molar-refractivity contribution in [3.63, 3.8) is 0 Å². The fourth-order valence-electron chi connectivity index (χ4n) is 3.43. The van der Waals surface area contributed by atoms with Gasteiger partial charge in [-0.2, -0.15) is 0 Å². The Bertz CT molecular complexity index is 742. The number of allylic oxidation sites excluding steroid dienone is 2. The van der Waals surface area contributed by atoms with E-state index in [-0.39, 0.29) is 16.8 Å². The quantitative estimate of drug-likeness (QED) is 0.238. The summed E-state index contributed by atoms with van der Waals surface area (Å²) in [4.78, 5) is 35.7. The van der Waals surface area contributed by atoms with Gasteiger partial charge in [-0.3, -0.25) is 4.79 Å². The molecule has 2 rings (SSSR count). The minimum Gasteiger partial charge on any atom is -0.465 e. The molecule has 1 aliphatic carbocycles. The Kier molecular flexibility index (Phi) is 5.26. The van der Waals surface area contributed by atoms with Crippen LogP contribution in [-0.2, 0) is 28.6 Å². The zero-order valence-electron chi connectivity index (χ0n) is 15.8. The molecular formula is C20H24O6. The van der Waals surface area contributed by atoms with Crippen LogP contribution in [0.15, 0.2) is 47.8 Å². The molecule has 1 aliphatic heterocycles. The third-order valence-corrected chi connectivity index (χ3v) is 4.98. The van der Waals surface area contributed by atoms with Crippen LogP contribution < -0.4 is 0 Å². The van der Waals surface area contributed by atoms with Gasteiger partial charge in [0.2, 0.25) is 0 Å². The first-order chi connectivity index (χ1) is 12.0. The Hall–Kier alpha value is -2.63. The molecule has 0 N–H and O–H groups in total. The van der Waals surface area contributed by atoms with Crippen LogP contribution in [0.2, 0.25) is 0 Å². The molecule has 1 saturated carbocycles. The fraction of sp³-hybridized carbons (Fsp3) is 0.450. The Morgan fingerprint density at radius 1 is 1.38 bits per heavy atom. The summed E-state index contributed by atoms with van der Waals surface area (Å²) in [5.74, 6) is -1.05. The second-order valence-corrected chi connectivity index (χ2v) is 7.23. The van der Waals surface area contributed by atoms with E-state index in [0.717, 1.165) is 6.26 Å². The van der Waals surface area contributed by atoms with Crippen molar-refractivity contribution in [1.82, 2.24) is 0 Å². The summed E-state index contributed by atoms with van der Waals surface area (Å²) in [6.45, 7) is 11.3. The Morgan fingerprint density at radius 2 is 2.04 bits per heavy atom. The van der Waals surface area contributed by atoms with Crippen molar-refractivity contribution in [2.24, 2.45) is 10.8 Å². The summed E-state index contributed by atoms with van der Waals surface area (Å²) >= 11 is 0. The zero-order chi connectivity index (χ0) is 19.7. The molecule has 2 aliphatic rings. The van der Waals surface area contributed by atoms with Crippen LogP contribution in [0.1, 0.15) is 34.1 Å². The number of cyclic esters (lactones) is 1. The number of ketones is 1. The van der Waals surface area contributed by atoms with Crippen LogP contribution >= 0.6 is 0 Å². The Labute approximate surface area is 153 Å². The van der Waals surface area contributed by atoms with Crippen LogP contribution in [0.3, 0.4) is 0 Å². The lowest BCUT2D eigenvalue weighted by Gasteiger charge is -2.53. The molecule has 1 fully saturated rings. The van der Waals surface area contributed by atoms with E-state index in [2.05, 4.69) is 6.58 Å². The van der Waals surface area contributed by atoms with Crippen molar-refractivity contribution in [3.8, 4) is 0 Å². The van der Waals surface area contributed by atoms with Crippen LogP contribution in [0, 0.1) is 10.8 Å². The van der Waals surface area contributed by atoms with E-state index in [1.807, 2.05) is 13.8 Å². The number of carbonyl (C=O) groups is 3. The average Bonchev–Trinajstić information content (AvgIpc) is 2.87. The maximum Gasteiger partial charge on any atom is 0.340 e. The summed E-state index contributed by atoms with van der Waals surface area (Å²) in [6.07, 6.45) is 5.39. The van der Waals surface area contributed by atoms with Crippen LogP contribution in [0.4, 0.5) is 0 Å². The molecule has 0 aromatic rings. The molecule has 0 spiro atoms. The highest BCUT2D eigenvalue weighted by Crippen LogP contribution is 2.58. The first-order valence-electron chi connectivity index (χ1n) is 8.27. The summed E-state index contributed by atoms with van der Waals surface area (Å²) in [7, 11) is 1.25. The normalized spacial score (nSPS) is 27.7. The molecule has 2 atom stereocenters. The molecular weight excluding hydrogens is 336 g/mol. The summed E-state index contributed by atoms with van der Waals surface area (Å²) in [5, 5.41) is 0. The van der Waals surface area contributed by atoms with Crippen LogP contribution in [-0.4, -0.2) is 31.1 Å². The van der Waals surface area contributed by atoms with E-state index < -0.39 is 23.6 Å². The number of hydrogen-bond acceptors (Lipinski definition) is 6. The van der Waals surface area contributed by atoms with E-state index in [0.29, 0.717) is 17.6 Å². The van der Waals surface area contributed by atoms with Crippen LogP contribution in [0.25, 0.3) is 0 Å². The number of rotatable bonds is 6. The molecule has 0 bridgehead atoms. The number of Topliss-reactive ketones (excluding diaryl/α,β-unsaturated/α-hetero) is 1. The van der Waals surface area contributed by atoms with Gasteiger partial charge in [-0.25, -0.2) is 9.59 Å². The predicted molar refractivity (Wildman–Crippen MR) is 94.6 cm³/mol. The maximum absolute atomic E-state index is 12.4. The standard InChI is InChI=1S/C20H24O6/c1-12(2)20(15(21)10-19(20,4)5)8-7-14(18(23)24-6)11-25-16-9-13(3)17(22)26-16/h7-9,11,16H,1,10H2,2-6H3/b8-7+,14-11+. The van der Waals surface area contributed by atoms with Gasteiger partial charge in [-0.15, -0.1) is 0 Å². The topological polar surface area (TPSA) is 78.9 Å². The van der Waals surface area contributed by atoms with Crippen molar-refractivity contribution in [3.05, 3.63) is 47.8 Å². The van der Waals surface area contributed by atoms with E-state index >= 15 is 0 Å². The fourth-order valence-corrected chi connectivity index (χ4v) is 3.43. The monoisotopic (exact) mass is 360 g/mol. The van der Waals surface area contributed by atoms with Crippen molar-refractivity contribution in [2.45, 2.75) is 40.4 Å². The molecule has 1 heterocycles. The van der Waals surface area contributed by atoms with Gasteiger partial charge in [0.25, 0.3) is 6.29 Å². The van der Waals surface area contributed by atoms with E-state index in [1.54, 1.807) is 19.9 Å². The lowest BCUT2D eigenvalue weighted by atomic mass is 9.47. The Morgan fingerprint density at radius 3 is 2.46 bits per heavy atom. The maximum atomic E-state index is 12.4. The second-order valence-electron chi connectivity index (χ2n) is 7.23. The molecule has 2 unspecified atom stereocenters. The molecule has 6 heteroatoms. The smallest absolute Gasteiger partial charge is 0.340 e. The molecule has 0 radical (unpaired) electrons. The van der Waals surface area contributed by atoms with Crippen molar-refractivity contribution >= 4 is 17.7 Å². The van der Waals surface area contributed by atoms with Gasteiger partial charge in [0.05, 0.1) is 18.1 Å². The zero-order valence-corrected chi connectivity index (χ0v) is 15.8. The first kappa shape index (κ1) is 19.7. The third-order valence-electron chi connectivity index (χ3n) is 4.98. The largest absolute Gasteiger partial charge is 0.465 e. The molecule has 140 valence electrons. The summed E-state index contributed by atoms with van der Waals surface area (Å²) in [6, 6.07) is 0. The first-order valence-corrected chi connectivity index (χ1v) is 8.27. The lowest BCUT2D eigenvalue weighted by molar-refractivity contribution is -0.152. The number of hydrogen-bond donors (Lipinski definition) is 0. The average molecular weight is 360 g/mol. The molecule has 0 saturated heterocycles. The van der Waals surface area contributed by atoms with Crippen molar-refractivity contribution in [2.75, 3.05) is 7.11 Å². The Balaban J connectivity index is 2.28. The second kappa shape index (κ2) is 6.94. The number of carbonyl (C=O) groups excluding carboxylic acids is 3. The molecule has 0 aromatic heterocycles. The van der Waals surface area contributed by atoms with Gasteiger partial charge in [0.1, 0.15) is 12.0 Å². The van der Waals surface area contributed by atoms with Gasteiger partial charge < -0.3 is 14.2 Å². The molecule has 26 heavy (non-hydrogen) atoms. The SMILES string of the molecule is C=C(C)C1(/C=C/C(=C\OC2C=C(C)C(=O)O2)C(=O)OC)C(=O)CC1(C)C. The molecule has 6 nitrogen and oxygen atoms in total. The van der Waals surface area contributed by atoms with Gasteiger partial charge in [-0.1, -0.05) is 32.1 Å². The molecule has 0 aromatic carbocycles. The van der Waals surface area contributed by atoms with E-state index in [9.17, 15) is 14.4 Å². The minimum absolute atomic E-state index is 0.0552. The highest BCUT2D eigenvalue weighted by atomic mass is 16.7. The number of esters is 2. The molecule has 0 amide bonds. The van der Waals surface area contributed by atoms with Gasteiger partial charge in [-0.05, 0) is 25.3 Å². The van der Waals surface area contributed by atoms with E-state index in [4.69, 9.17) is 14.2 Å². The summed E-state index contributed by atoms with van der Waals surface area (Å²) < 4.78 is 15.1. The number of ether oxygens (including phenoxy) is 3. The van der Waals surface area contributed by atoms with Gasteiger partial charge in [0, 0.05) is 18.1 Å². The minimum atomic E-state index is -0.896. The van der Waals surface area contributed by atoms with Crippen molar-refractivity contribution < 1.29 is 28.6 Å². The highest BCUT2D eigenvalue weighted by Gasteiger charge is 2.59. The lowest BCUT2D eigenvalue weighted by Crippen LogP contribution is -2.55.